The number of carbonyl (C=O) groups excluding carboxylic acids is 1. The molecule has 0 aliphatic heterocycles. The fourth-order valence-electron chi connectivity index (χ4n) is 1.87. The van der Waals surface area contributed by atoms with Crippen LogP contribution < -0.4 is 10.6 Å². The lowest BCUT2D eigenvalue weighted by molar-refractivity contribution is -0.0328. The molecule has 1 aromatic carbocycles. The molecule has 0 atom stereocenters. The molecule has 0 spiro atoms. The Kier molecular flexibility index (Phi) is 5.54. The van der Waals surface area contributed by atoms with Gasteiger partial charge in [-0.15, -0.1) is 0 Å². The second-order valence-electron chi connectivity index (χ2n) is 4.70. The number of nitrogens with one attached hydrogen (secondary N) is 2. The van der Waals surface area contributed by atoms with Gasteiger partial charge in [-0.05, 0) is 35.9 Å². The van der Waals surface area contributed by atoms with Gasteiger partial charge in [0.05, 0.1) is 11.9 Å². The van der Waals surface area contributed by atoms with Crippen molar-refractivity contribution in [2.24, 2.45) is 7.05 Å². The molecular weight excluding hydrogens is 329 g/mol. The molecule has 1 heterocycles. The van der Waals surface area contributed by atoms with Crippen molar-refractivity contribution in [3.63, 3.8) is 0 Å². The van der Waals surface area contributed by atoms with Gasteiger partial charge >= 0.3 is 11.5 Å². The predicted octanol–water partition coefficient (Wildman–Crippen LogP) is 3.40. The van der Waals surface area contributed by atoms with E-state index in [2.05, 4.69) is 15.7 Å². The fourth-order valence-corrected chi connectivity index (χ4v) is 2.50. The number of halogens is 3. The number of thioether (sulfide) groups is 1. The number of rotatable bonds is 5. The van der Waals surface area contributed by atoms with Gasteiger partial charge in [-0.1, -0.05) is 12.1 Å². The van der Waals surface area contributed by atoms with Crippen LogP contribution in [0.4, 0.5) is 23.7 Å². The Morgan fingerprint density at radius 3 is 2.74 bits per heavy atom. The Balaban J connectivity index is 1.87. The molecule has 1 aromatic heterocycles. The highest BCUT2D eigenvalue weighted by atomic mass is 32.2. The monoisotopic (exact) mass is 344 g/mol. The number of alkyl halides is 3. The van der Waals surface area contributed by atoms with Crippen molar-refractivity contribution in [2.75, 3.05) is 11.9 Å². The van der Waals surface area contributed by atoms with Crippen molar-refractivity contribution in [3.8, 4) is 0 Å². The molecule has 5 nitrogen and oxygen atoms in total. The molecule has 0 radical (unpaired) electrons. The van der Waals surface area contributed by atoms with Crippen LogP contribution in [0.15, 0.2) is 41.6 Å². The number of nitrogens with zero attached hydrogens (tertiary/aromatic N) is 2. The van der Waals surface area contributed by atoms with E-state index in [1.807, 2.05) is 6.20 Å². The third-order valence-electron chi connectivity index (χ3n) is 2.82. The lowest BCUT2D eigenvalue weighted by Crippen LogP contribution is -2.30. The highest BCUT2D eigenvalue weighted by Gasteiger charge is 2.30. The molecule has 9 heteroatoms. The number of para-hydroxylation sites is 1. The number of urea groups is 1. The summed E-state index contributed by atoms with van der Waals surface area (Å²) < 4.78 is 39.1. The van der Waals surface area contributed by atoms with Crippen molar-refractivity contribution in [2.45, 2.75) is 16.8 Å². The molecule has 2 rings (SSSR count). The van der Waals surface area contributed by atoms with Crippen LogP contribution in [-0.2, 0) is 13.5 Å². The normalized spacial score (nSPS) is 11.3. The molecule has 2 aromatic rings. The first-order chi connectivity index (χ1) is 10.8. The van der Waals surface area contributed by atoms with E-state index < -0.39 is 11.5 Å². The van der Waals surface area contributed by atoms with Crippen LogP contribution in [-0.4, -0.2) is 27.9 Å². The standard InChI is InChI=1S/C14H15F3N4OS/c1-21-9-10(8-19-21)6-7-18-13(22)20-11-4-2-3-5-12(11)23-14(15,16)17/h2-5,8-9H,6-7H2,1H3,(H2,18,20,22). The van der Waals surface area contributed by atoms with E-state index in [-0.39, 0.29) is 22.3 Å². The second kappa shape index (κ2) is 7.40. The zero-order valence-corrected chi connectivity index (χ0v) is 13.0. The molecule has 23 heavy (non-hydrogen) atoms. The first-order valence-electron chi connectivity index (χ1n) is 6.70. The van der Waals surface area contributed by atoms with Gasteiger partial charge in [0.2, 0.25) is 0 Å². The lowest BCUT2D eigenvalue weighted by Gasteiger charge is -2.12. The van der Waals surface area contributed by atoms with Gasteiger partial charge in [0, 0.05) is 24.7 Å². The summed E-state index contributed by atoms with van der Waals surface area (Å²) in [6.45, 7) is 0.353. The number of amides is 2. The number of hydrogen-bond acceptors (Lipinski definition) is 3. The molecule has 0 unspecified atom stereocenters. The third kappa shape index (κ3) is 5.85. The second-order valence-corrected chi connectivity index (χ2v) is 5.80. The minimum absolute atomic E-state index is 0.0533. The number of aromatic nitrogens is 2. The van der Waals surface area contributed by atoms with Gasteiger partial charge < -0.3 is 10.6 Å². The van der Waals surface area contributed by atoms with Gasteiger partial charge in [0.1, 0.15) is 0 Å². The van der Waals surface area contributed by atoms with Crippen molar-refractivity contribution >= 4 is 23.5 Å². The first-order valence-corrected chi connectivity index (χ1v) is 7.52. The first kappa shape index (κ1) is 17.2. The summed E-state index contributed by atoms with van der Waals surface area (Å²) >= 11 is -0.261. The predicted molar refractivity (Wildman–Crippen MR) is 82.3 cm³/mol. The zero-order valence-electron chi connectivity index (χ0n) is 12.2. The van der Waals surface area contributed by atoms with Gasteiger partial charge in [-0.25, -0.2) is 4.79 Å². The maximum atomic E-state index is 12.5. The lowest BCUT2D eigenvalue weighted by atomic mass is 10.2. The Labute approximate surface area is 135 Å². The highest BCUT2D eigenvalue weighted by Crippen LogP contribution is 2.40. The highest BCUT2D eigenvalue weighted by molar-refractivity contribution is 8.00. The Hall–Kier alpha value is -2.16. The van der Waals surface area contributed by atoms with Crippen LogP contribution in [0.2, 0.25) is 0 Å². The van der Waals surface area contributed by atoms with Crippen molar-refractivity contribution in [1.82, 2.24) is 15.1 Å². The fraction of sp³-hybridized carbons (Fsp3) is 0.286. The summed E-state index contributed by atoms with van der Waals surface area (Å²) in [7, 11) is 1.79. The van der Waals surface area contributed by atoms with Crippen LogP contribution in [0.3, 0.4) is 0 Å². The van der Waals surface area contributed by atoms with Crippen molar-refractivity contribution in [1.29, 1.82) is 0 Å². The molecule has 2 amide bonds. The molecule has 0 aliphatic rings. The van der Waals surface area contributed by atoms with E-state index in [0.29, 0.717) is 13.0 Å². The minimum atomic E-state index is -4.41. The molecule has 0 bridgehead atoms. The van der Waals surface area contributed by atoms with Crippen LogP contribution in [0, 0.1) is 0 Å². The van der Waals surface area contributed by atoms with E-state index in [9.17, 15) is 18.0 Å². The molecule has 0 saturated carbocycles. The molecular formula is C14H15F3N4OS. The van der Waals surface area contributed by atoms with Crippen LogP contribution in [0.1, 0.15) is 5.56 Å². The Morgan fingerprint density at radius 2 is 2.09 bits per heavy atom. The maximum Gasteiger partial charge on any atom is 0.446 e. The third-order valence-corrected chi connectivity index (χ3v) is 3.63. The summed E-state index contributed by atoms with van der Waals surface area (Å²) in [6, 6.07) is 5.23. The maximum absolute atomic E-state index is 12.5. The van der Waals surface area contributed by atoms with Crippen LogP contribution in [0.5, 0.6) is 0 Å². The average Bonchev–Trinajstić information content (AvgIpc) is 2.85. The van der Waals surface area contributed by atoms with Crippen LogP contribution in [0.25, 0.3) is 0 Å². The summed E-state index contributed by atoms with van der Waals surface area (Å²) in [5.74, 6) is 0. The number of aryl methyl sites for hydroxylation is 1. The van der Waals surface area contributed by atoms with E-state index in [4.69, 9.17) is 0 Å². The topological polar surface area (TPSA) is 59.0 Å². The summed E-state index contributed by atoms with van der Waals surface area (Å²) in [4.78, 5) is 11.7. The van der Waals surface area contributed by atoms with Gasteiger partial charge in [-0.2, -0.15) is 18.3 Å². The van der Waals surface area contributed by atoms with E-state index in [1.165, 1.54) is 18.2 Å². The number of benzene rings is 1. The molecule has 0 fully saturated rings. The SMILES string of the molecule is Cn1cc(CCNC(=O)Nc2ccccc2SC(F)(F)F)cn1. The van der Waals surface area contributed by atoms with E-state index >= 15 is 0 Å². The largest absolute Gasteiger partial charge is 0.446 e. The molecule has 124 valence electrons. The number of carbonyl (C=O) groups is 1. The van der Waals surface area contributed by atoms with Crippen molar-refractivity contribution < 1.29 is 18.0 Å². The van der Waals surface area contributed by atoms with Gasteiger partial charge in [0.15, 0.2) is 0 Å². The van der Waals surface area contributed by atoms with Gasteiger partial charge in [0.25, 0.3) is 0 Å². The molecule has 2 N–H and O–H groups in total. The van der Waals surface area contributed by atoms with Crippen molar-refractivity contribution in [3.05, 3.63) is 42.2 Å². The zero-order chi connectivity index (χ0) is 16.9. The van der Waals surface area contributed by atoms with Crippen LogP contribution >= 0.6 is 11.8 Å². The van der Waals surface area contributed by atoms with Gasteiger partial charge in [-0.3, -0.25) is 4.68 Å². The number of anilines is 1. The minimum Gasteiger partial charge on any atom is -0.338 e. The Bertz CT molecular complexity index is 672. The number of hydrogen-bond donors (Lipinski definition) is 2. The van der Waals surface area contributed by atoms with E-state index in [0.717, 1.165) is 5.56 Å². The van der Waals surface area contributed by atoms with E-state index in [1.54, 1.807) is 24.0 Å². The summed E-state index contributed by atoms with van der Waals surface area (Å²) in [5.41, 5.74) is -3.33. The molecule has 0 saturated heterocycles. The summed E-state index contributed by atoms with van der Waals surface area (Å²) in [5, 5.41) is 9.04. The summed E-state index contributed by atoms with van der Waals surface area (Å²) in [6.07, 6.45) is 4.10. The average molecular weight is 344 g/mol. The smallest absolute Gasteiger partial charge is 0.338 e. The molecule has 0 aliphatic carbocycles. The Morgan fingerprint density at radius 1 is 1.35 bits per heavy atom. The quantitative estimate of drug-likeness (QED) is 0.818.